The molecule has 0 N–H and O–H groups in total. The van der Waals surface area contributed by atoms with Gasteiger partial charge in [-0.25, -0.2) is 0 Å². The van der Waals surface area contributed by atoms with Crippen molar-refractivity contribution in [3.05, 3.63) is 59.7 Å². The first-order chi connectivity index (χ1) is 10.6. The predicted octanol–water partition coefficient (Wildman–Crippen LogP) is 4.64. The molecule has 0 amide bonds. The Kier molecular flexibility index (Phi) is 4.53. The van der Waals surface area contributed by atoms with E-state index in [4.69, 9.17) is 0 Å². The molecule has 1 fully saturated rings. The highest BCUT2D eigenvalue weighted by molar-refractivity contribution is 7.98. The summed E-state index contributed by atoms with van der Waals surface area (Å²) in [6.45, 7) is 0. The van der Waals surface area contributed by atoms with Crippen LogP contribution in [0.25, 0.3) is 0 Å². The van der Waals surface area contributed by atoms with Gasteiger partial charge in [0.25, 0.3) is 0 Å². The first kappa shape index (κ1) is 15.2. The fourth-order valence-corrected chi connectivity index (χ4v) is 3.23. The molecule has 0 atom stereocenters. The Hall–Kier alpha value is -1.74. The van der Waals surface area contributed by atoms with Crippen molar-refractivity contribution >= 4 is 23.2 Å². The second-order valence-electron chi connectivity index (χ2n) is 6.02. The van der Waals surface area contributed by atoms with Crippen LogP contribution < -0.4 is 4.90 Å². The number of thioether (sulfide) groups is 1. The minimum absolute atomic E-state index is 0.298. The standard InChI is InChI=1S/C19H21NOS/c1-20(2)17-5-3-4-14(12-17)13-22-18-10-8-16(9-11-18)19(21)15-6-7-15/h3-5,8-12,15H,6-7,13H2,1-2H3. The van der Waals surface area contributed by atoms with E-state index in [1.54, 1.807) is 0 Å². The highest BCUT2D eigenvalue weighted by Gasteiger charge is 2.30. The summed E-state index contributed by atoms with van der Waals surface area (Å²) >= 11 is 1.81. The number of carbonyl (C=O) groups excluding carboxylic acids is 1. The minimum atomic E-state index is 0.298. The van der Waals surface area contributed by atoms with Crippen molar-refractivity contribution in [3.63, 3.8) is 0 Å². The number of ketones is 1. The van der Waals surface area contributed by atoms with Gasteiger partial charge in [-0.15, -0.1) is 11.8 Å². The smallest absolute Gasteiger partial charge is 0.165 e. The molecule has 0 unspecified atom stereocenters. The van der Waals surface area contributed by atoms with Crippen LogP contribution in [0.2, 0.25) is 0 Å². The number of benzene rings is 2. The van der Waals surface area contributed by atoms with E-state index in [9.17, 15) is 4.79 Å². The number of nitrogens with zero attached hydrogens (tertiary/aromatic N) is 1. The van der Waals surface area contributed by atoms with Crippen molar-refractivity contribution in [3.8, 4) is 0 Å². The van der Waals surface area contributed by atoms with Crippen LogP contribution in [0.1, 0.15) is 28.8 Å². The largest absolute Gasteiger partial charge is 0.378 e. The zero-order chi connectivity index (χ0) is 15.5. The van der Waals surface area contributed by atoms with Gasteiger partial charge in [0.05, 0.1) is 0 Å². The summed E-state index contributed by atoms with van der Waals surface area (Å²) in [5, 5.41) is 0. The Labute approximate surface area is 136 Å². The van der Waals surface area contributed by atoms with E-state index in [1.165, 1.54) is 16.1 Å². The molecule has 0 aliphatic heterocycles. The maximum atomic E-state index is 12.0. The quantitative estimate of drug-likeness (QED) is 0.572. The Morgan fingerprint density at radius 3 is 2.50 bits per heavy atom. The molecule has 0 heterocycles. The van der Waals surface area contributed by atoms with Gasteiger partial charge in [0.2, 0.25) is 0 Å². The summed E-state index contributed by atoms with van der Waals surface area (Å²) in [6.07, 6.45) is 2.13. The van der Waals surface area contributed by atoms with Crippen molar-refractivity contribution in [1.82, 2.24) is 0 Å². The first-order valence-electron chi connectivity index (χ1n) is 7.67. The van der Waals surface area contributed by atoms with Crippen LogP contribution in [-0.4, -0.2) is 19.9 Å². The molecule has 2 nitrogen and oxygen atoms in total. The number of Topliss-reactive ketones (excluding diaryl/α,β-unsaturated/α-hetero) is 1. The third-order valence-electron chi connectivity index (χ3n) is 3.92. The van der Waals surface area contributed by atoms with Crippen LogP contribution in [0.5, 0.6) is 0 Å². The summed E-state index contributed by atoms with van der Waals surface area (Å²) in [5.41, 5.74) is 3.40. The number of rotatable bonds is 6. The lowest BCUT2D eigenvalue weighted by Crippen LogP contribution is -2.08. The second kappa shape index (κ2) is 6.57. The second-order valence-corrected chi connectivity index (χ2v) is 7.06. The molecule has 1 saturated carbocycles. The molecule has 0 bridgehead atoms. The molecule has 0 saturated heterocycles. The Bertz CT molecular complexity index is 659. The number of hydrogen-bond acceptors (Lipinski definition) is 3. The fourth-order valence-electron chi connectivity index (χ4n) is 2.39. The zero-order valence-electron chi connectivity index (χ0n) is 13.1. The van der Waals surface area contributed by atoms with Crippen molar-refractivity contribution in [2.75, 3.05) is 19.0 Å². The van der Waals surface area contributed by atoms with E-state index in [0.29, 0.717) is 11.7 Å². The van der Waals surface area contributed by atoms with Crippen LogP contribution >= 0.6 is 11.8 Å². The van der Waals surface area contributed by atoms with Gasteiger partial charge in [-0.05, 0) is 42.7 Å². The third kappa shape index (κ3) is 3.72. The van der Waals surface area contributed by atoms with Gasteiger partial charge in [0.15, 0.2) is 5.78 Å². The third-order valence-corrected chi connectivity index (χ3v) is 5.00. The summed E-state index contributed by atoms with van der Waals surface area (Å²) in [6, 6.07) is 16.7. The van der Waals surface area contributed by atoms with Crippen molar-refractivity contribution in [2.45, 2.75) is 23.5 Å². The van der Waals surface area contributed by atoms with Crippen LogP contribution in [0.4, 0.5) is 5.69 Å². The zero-order valence-corrected chi connectivity index (χ0v) is 13.9. The van der Waals surface area contributed by atoms with Crippen molar-refractivity contribution < 1.29 is 4.79 Å². The monoisotopic (exact) mass is 311 g/mol. The molecule has 0 radical (unpaired) electrons. The minimum Gasteiger partial charge on any atom is -0.378 e. The van der Waals surface area contributed by atoms with E-state index in [2.05, 4.69) is 55.4 Å². The van der Waals surface area contributed by atoms with Gasteiger partial charge in [-0.2, -0.15) is 0 Å². The van der Waals surface area contributed by atoms with Gasteiger partial charge < -0.3 is 4.90 Å². The maximum absolute atomic E-state index is 12.0. The van der Waals surface area contributed by atoms with E-state index >= 15 is 0 Å². The molecule has 1 aliphatic carbocycles. The SMILES string of the molecule is CN(C)c1cccc(CSc2ccc(C(=O)C3CC3)cc2)c1. The van der Waals surface area contributed by atoms with E-state index in [0.717, 1.165) is 24.2 Å². The lowest BCUT2D eigenvalue weighted by Gasteiger charge is -2.13. The average Bonchev–Trinajstić information content (AvgIpc) is 3.38. The van der Waals surface area contributed by atoms with Gasteiger partial charge in [-0.1, -0.05) is 24.3 Å². The van der Waals surface area contributed by atoms with E-state index < -0.39 is 0 Å². The van der Waals surface area contributed by atoms with Gasteiger partial charge in [0.1, 0.15) is 0 Å². The van der Waals surface area contributed by atoms with Crippen LogP contribution in [-0.2, 0) is 5.75 Å². The Balaban J connectivity index is 1.61. The number of anilines is 1. The average molecular weight is 311 g/mol. The molecular weight excluding hydrogens is 290 g/mol. The molecule has 2 aromatic carbocycles. The molecule has 0 spiro atoms. The first-order valence-corrected chi connectivity index (χ1v) is 8.65. The summed E-state index contributed by atoms with van der Waals surface area (Å²) in [4.78, 5) is 15.3. The van der Waals surface area contributed by atoms with Gasteiger partial charge in [-0.3, -0.25) is 4.79 Å². The fraction of sp³-hybridized carbons (Fsp3) is 0.316. The molecule has 114 valence electrons. The molecule has 3 heteroatoms. The van der Waals surface area contributed by atoms with Gasteiger partial charge in [0, 0.05) is 41.9 Å². The van der Waals surface area contributed by atoms with Crippen molar-refractivity contribution in [1.29, 1.82) is 0 Å². The molecule has 1 aliphatic rings. The van der Waals surface area contributed by atoms with Crippen LogP contribution in [0.3, 0.4) is 0 Å². The number of hydrogen-bond donors (Lipinski definition) is 0. The van der Waals surface area contributed by atoms with Crippen molar-refractivity contribution in [2.24, 2.45) is 5.92 Å². The van der Waals surface area contributed by atoms with E-state index in [-0.39, 0.29) is 0 Å². The topological polar surface area (TPSA) is 20.3 Å². The maximum Gasteiger partial charge on any atom is 0.165 e. The van der Waals surface area contributed by atoms with Crippen LogP contribution in [0.15, 0.2) is 53.4 Å². The van der Waals surface area contributed by atoms with E-state index in [1.807, 2.05) is 23.9 Å². The molecule has 22 heavy (non-hydrogen) atoms. The molecule has 3 rings (SSSR count). The lowest BCUT2D eigenvalue weighted by molar-refractivity contribution is 0.0967. The highest BCUT2D eigenvalue weighted by atomic mass is 32.2. The normalized spacial score (nSPS) is 13.9. The molecular formula is C19H21NOS. The summed E-state index contributed by atoms with van der Waals surface area (Å²) in [5.74, 6) is 1.56. The Morgan fingerprint density at radius 2 is 1.86 bits per heavy atom. The van der Waals surface area contributed by atoms with Crippen LogP contribution in [0, 0.1) is 5.92 Å². The summed E-state index contributed by atoms with van der Waals surface area (Å²) < 4.78 is 0. The van der Waals surface area contributed by atoms with Gasteiger partial charge >= 0.3 is 0 Å². The molecule has 0 aromatic heterocycles. The molecule has 2 aromatic rings. The Morgan fingerprint density at radius 1 is 1.14 bits per heavy atom. The lowest BCUT2D eigenvalue weighted by atomic mass is 10.1. The predicted molar refractivity (Wildman–Crippen MR) is 93.8 cm³/mol. The highest BCUT2D eigenvalue weighted by Crippen LogP contribution is 2.33. The number of carbonyl (C=O) groups is 1. The summed E-state index contributed by atoms with van der Waals surface area (Å²) in [7, 11) is 4.11.